The van der Waals surface area contributed by atoms with Crippen LogP contribution in [0.5, 0.6) is 0 Å². The number of fused-ring (bicyclic) bond motifs is 10. The van der Waals surface area contributed by atoms with Crippen LogP contribution >= 0.6 is 0 Å². The van der Waals surface area contributed by atoms with Gasteiger partial charge in [-0.25, -0.2) is 0 Å². The molecule has 1 aromatic heterocycles. The normalized spacial score (nSPS) is 28.3. The van der Waals surface area contributed by atoms with Gasteiger partial charge < -0.3 is 14.5 Å². The molecule has 1 saturated heterocycles. The van der Waals surface area contributed by atoms with Crippen molar-refractivity contribution in [2.45, 2.75) is 56.7 Å². The largest absolute Gasteiger partial charge is 0.456 e. The summed E-state index contributed by atoms with van der Waals surface area (Å²) in [5.74, 6) is 3.82. The van der Waals surface area contributed by atoms with Crippen molar-refractivity contribution in [3.63, 3.8) is 0 Å². The van der Waals surface area contributed by atoms with Gasteiger partial charge in [0, 0.05) is 46.3 Å². The van der Waals surface area contributed by atoms with Crippen LogP contribution in [0, 0.1) is 29.6 Å². The minimum atomic E-state index is 0.185. The highest BCUT2D eigenvalue weighted by Gasteiger charge is 2.59. The van der Waals surface area contributed by atoms with Crippen LogP contribution in [0.1, 0.15) is 54.9 Å². The molecular weight excluding hydrogens is 731 g/mol. The first-order valence-electron chi connectivity index (χ1n) is 22.4. The van der Waals surface area contributed by atoms with Crippen molar-refractivity contribution in [2.24, 2.45) is 29.6 Å². The Labute approximate surface area is 353 Å². The van der Waals surface area contributed by atoms with Gasteiger partial charge in [-0.05, 0) is 113 Å². The second kappa shape index (κ2) is 15.0. The number of nitrogens with one attached hydrogen (secondary N) is 1. The van der Waals surface area contributed by atoms with Gasteiger partial charge in [0.05, 0.1) is 12.2 Å². The van der Waals surface area contributed by atoms with E-state index in [4.69, 9.17) is 9.15 Å². The number of rotatable bonds is 9. The van der Waals surface area contributed by atoms with Crippen LogP contribution in [0.3, 0.4) is 0 Å². The quantitative estimate of drug-likeness (QED) is 0.151. The highest BCUT2D eigenvalue weighted by Crippen LogP contribution is 2.66. The molecule has 6 aliphatic carbocycles. The molecule has 8 atom stereocenters. The fourth-order valence-corrected chi connectivity index (χ4v) is 11.4. The van der Waals surface area contributed by atoms with Gasteiger partial charge in [0.1, 0.15) is 11.3 Å². The van der Waals surface area contributed by atoms with Crippen LogP contribution in [0.15, 0.2) is 185 Å². The van der Waals surface area contributed by atoms with Gasteiger partial charge in [0.15, 0.2) is 0 Å². The SMILES string of the molecule is C1=CCC(/C(=C/Cc2ccc(-c3ccc(-c4cc5c6c(oc5c5ccccc45)C=CC4C6C4C4C=CC=C5C6CCC=CC6OC54)cc3)cc2)NCC2=CCCC=C2)C=C1. The third-order valence-corrected chi connectivity index (χ3v) is 14.5. The van der Waals surface area contributed by atoms with Gasteiger partial charge in [0.2, 0.25) is 0 Å². The summed E-state index contributed by atoms with van der Waals surface area (Å²) < 4.78 is 13.6. The lowest BCUT2D eigenvalue weighted by Crippen LogP contribution is -2.25. The predicted octanol–water partition coefficient (Wildman–Crippen LogP) is 13.5. The topological polar surface area (TPSA) is 34.4 Å². The Bertz CT molecular complexity index is 2780. The molecule has 2 heterocycles. The number of allylic oxidation sites excluding steroid dienone is 11. The van der Waals surface area contributed by atoms with E-state index in [1.165, 1.54) is 72.8 Å². The van der Waals surface area contributed by atoms with Crippen molar-refractivity contribution in [2.75, 3.05) is 6.54 Å². The summed E-state index contributed by atoms with van der Waals surface area (Å²) in [6, 6.07) is 29.6. The average Bonchev–Trinajstić information content (AvgIpc) is 3.71. The summed E-state index contributed by atoms with van der Waals surface area (Å²) in [6.07, 6.45) is 41.7. The first-order chi connectivity index (χ1) is 29.7. The molecule has 0 amide bonds. The number of ether oxygens (including phenoxy) is 1. The number of hydrogen-bond donors (Lipinski definition) is 1. The van der Waals surface area contributed by atoms with E-state index in [9.17, 15) is 0 Å². The summed E-state index contributed by atoms with van der Waals surface area (Å²) in [4.78, 5) is 0. The molecule has 60 heavy (non-hydrogen) atoms. The fraction of sp³-hybridized carbons (Fsp3) is 0.263. The summed E-state index contributed by atoms with van der Waals surface area (Å²) in [7, 11) is 0. The highest BCUT2D eigenvalue weighted by molar-refractivity contribution is 6.13. The zero-order valence-electron chi connectivity index (χ0n) is 34.1. The van der Waals surface area contributed by atoms with Gasteiger partial charge in [-0.3, -0.25) is 0 Å². The molecule has 7 aliphatic rings. The molecule has 4 aromatic carbocycles. The molecule has 0 spiro atoms. The van der Waals surface area contributed by atoms with Gasteiger partial charge in [-0.15, -0.1) is 0 Å². The number of furan rings is 1. The smallest absolute Gasteiger partial charge is 0.142 e. The molecule has 3 nitrogen and oxygen atoms in total. The van der Waals surface area contributed by atoms with E-state index in [0.29, 0.717) is 35.5 Å². The Balaban J connectivity index is 0.806. The lowest BCUT2D eigenvalue weighted by atomic mass is 9.78. The summed E-state index contributed by atoms with van der Waals surface area (Å²) >= 11 is 0. The maximum atomic E-state index is 6.83. The third kappa shape index (κ3) is 6.29. The van der Waals surface area contributed by atoms with Gasteiger partial charge in [0.25, 0.3) is 0 Å². The molecule has 1 aliphatic heterocycles. The van der Waals surface area contributed by atoms with E-state index in [-0.39, 0.29) is 12.2 Å². The Hall–Kier alpha value is -5.90. The first kappa shape index (κ1) is 36.0. The molecule has 0 radical (unpaired) electrons. The molecule has 5 aromatic rings. The molecular formula is C57H51NO2. The van der Waals surface area contributed by atoms with E-state index < -0.39 is 0 Å². The van der Waals surface area contributed by atoms with Crippen LogP contribution in [-0.2, 0) is 11.2 Å². The lowest BCUT2D eigenvalue weighted by Gasteiger charge is -2.25. The fourth-order valence-electron chi connectivity index (χ4n) is 11.4. The molecule has 0 bridgehead atoms. The number of hydrogen-bond acceptors (Lipinski definition) is 3. The Morgan fingerprint density at radius 1 is 0.733 bits per heavy atom. The van der Waals surface area contributed by atoms with E-state index in [1.807, 2.05) is 0 Å². The van der Waals surface area contributed by atoms with E-state index in [1.54, 1.807) is 0 Å². The zero-order chi connectivity index (χ0) is 39.6. The second-order valence-corrected chi connectivity index (χ2v) is 17.9. The zero-order valence-corrected chi connectivity index (χ0v) is 34.1. The lowest BCUT2D eigenvalue weighted by molar-refractivity contribution is 0.0364. The van der Waals surface area contributed by atoms with Crippen molar-refractivity contribution < 1.29 is 9.15 Å². The van der Waals surface area contributed by atoms with Crippen LogP contribution in [0.2, 0.25) is 0 Å². The molecule has 1 saturated carbocycles. The van der Waals surface area contributed by atoms with Crippen molar-refractivity contribution in [3.05, 3.63) is 198 Å². The summed E-state index contributed by atoms with van der Waals surface area (Å²) in [5.41, 5.74) is 12.9. The van der Waals surface area contributed by atoms with Gasteiger partial charge in [-0.1, -0.05) is 158 Å². The van der Waals surface area contributed by atoms with Crippen molar-refractivity contribution in [1.82, 2.24) is 5.32 Å². The van der Waals surface area contributed by atoms with E-state index in [0.717, 1.165) is 50.0 Å². The average molecular weight is 782 g/mol. The van der Waals surface area contributed by atoms with Crippen molar-refractivity contribution in [3.8, 4) is 22.3 Å². The second-order valence-electron chi connectivity index (χ2n) is 17.9. The minimum Gasteiger partial charge on any atom is -0.456 e. The standard InChI is InChI=1S/C57H51NO2/c1-3-12-37(13-4-1)35-58-50(41-14-5-2-6-15-41)32-24-36-22-25-38(26-23-36)39-27-29-40(30-28-39)48-34-49-54-52(60-57(49)44-18-8-7-16-42(44)48)33-31-46-53(55(46)54)47-20-11-19-45-43-17-9-10-21-51(43)59-56(45)47/h2-3,5-8,10-14,16,18-23,25-34,41,43,46-47,51,53,55-56,58H,1,4,9,15,17,24,35H2/b50-32-. The van der Waals surface area contributed by atoms with Crippen molar-refractivity contribution >= 4 is 27.8 Å². The highest BCUT2D eigenvalue weighted by atomic mass is 16.5. The van der Waals surface area contributed by atoms with Gasteiger partial charge >= 0.3 is 0 Å². The Kier molecular flexibility index (Phi) is 8.98. The van der Waals surface area contributed by atoms with Crippen LogP contribution in [0.4, 0.5) is 0 Å². The van der Waals surface area contributed by atoms with Crippen molar-refractivity contribution in [1.29, 1.82) is 0 Å². The Morgan fingerprint density at radius 3 is 2.42 bits per heavy atom. The third-order valence-electron chi connectivity index (χ3n) is 14.5. The predicted molar refractivity (Wildman–Crippen MR) is 247 cm³/mol. The first-order valence-corrected chi connectivity index (χ1v) is 22.4. The molecule has 2 fully saturated rings. The molecule has 3 heteroatoms. The Morgan fingerprint density at radius 2 is 1.58 bits per heavy atom. The summed E-state index contributed by atoms with van der Waals surface area (Å²) in [6.45, 7) is 0.879. The maximum Gasteiger partial charge on any atom is 0.142 e. The maximum absolute atomic E-state index is 6.83. The molecule has 12 rings (SSSR count). The van der Waals surface area contributed by atoms with Gasteiger partial charge in [-0.2, -0.15) is 0 Å². The summed E-state index contributed by atoms with van der Waals surface area (Å²) in [5, 5.41) is 7.48. The molecule has 296 valence electrons. The van der Waals surface area contributed by atoms with E-state index >= 15 is 0 Å². The monoisotopic (exact) mass is 781 g/mol. The number of benzene rings is 4. The van der Waals surface area contributed by atoms with E-state index in [2.05, 4.69) is 175 Å². The molecule has 8 unspecified atom stereocenters. The van der Waals surface area contributed by atoms with Crippen LogP contribution < -0.4 is 5.32 Å². The van der Waals surface area contributed by atoms with Crippen LogP contribution in [-0.4, -0.2) is 18.8 Å². The minimum absolute atomic E-state index is 0.185. The molecule has 1 N–H and O–H groups in total. The van der Waals surface area contributed by atoms with Crippen LogP contribution in [0.25, 0.3) is 50.1 Å².